The molecule has 1 aliphatic heterocycles. The SMILES string of the molecule is O=C(O)c1cn(CC2CCC3(CCCC3)O2)cn1. The Bertz CT molecular complexity index is 449. The van der Waals surface area contributed by atoms with Crippen LogP contribution in [0.2, 0.25) is 0 Å². The van der Waals surface area contributed by atoms with E-state index in [2.05, 4.69) is 4.98 Å². The van der Waals surface area contributed by atoms with Gasteiger partial charge in [-0.1, -0.05) is 12.8 Å². The first-order chi connectivity index (χ1) is 8.67. The van der Waals surface area contributed by atoms with Crippen LogP contribution in [0.15, 0.2) is 12.5 Å². The van der Waals surface area contributed by atoms with Crippen LogP contribution in [-0.2, 0) is 11.3 Å². The molecule has 98 valence electrons. The van der Waals surface area contributed by atoms with Crippen LogP contribution in [0.3, 0.4) is 0 Å². The van der Waals surface area contributed by atoms with Crippen LogP contribution >= 0.6 is 0 Å². The highest BCUT2D eigenvalue weighted by Crippen LogP contribution is 2.43. The monoisotopic (exact) mass is 250 g/mol. The predicted octanol–water partition coefficient (Wildman–Crippen LogP) is 2.07. The third-order valence-corrected chi connectivity index (χ3v) is 4.12. The zero-order valence-corrected chi connectivity index (χ0v) is 10.3. The van der Waals surface area contributed by atoms with Gasteiger partial charge in [-0.15, -0.1) is 0 Å². The van der Waals surface area contributed by atoms with E-state index >= 15 is 0 Å². The summed E-state index contributed by atoms with van der Waals surface area (Å²) in [5.41, 5.74) is 0.240. The largest absolute Gasteiger partial charge is 0.476 e. The normalized spacial score (nSPS) is 25.9. The maximum absolute atomic E-state index is 10.7. The van der Waals surface area contributed by atoms with Crippen molar-refractivity contribution in [3.63, 3.8) is 0 Å². The van der Waals surface area contributed by atoms with Crippen LogP contribution in [-0.4, -0.2) is 32.3 Å². The van der Waals surface area contributed by atoms with E-state index in [0.29, 0.717) is 6.54 Å². The number of imidazole rings is 1. The first-order valence-electron chi connectivity index (χ1n) is 6.60. The Morgan fingerprint density at radius 3 is 2.94 bits per heavy atom. The molecule has 0 aromatic carbocycles. The summed E-state index contributed by atoms with van der Waals surface area (Å²) in [6, 6.07) is 0. The Morgan fingerprint density at radius 1 is 1.50 bits per heavy atom. The van der Waals surface area contributed by atoms with Crippen molar-refractivity contribution in [1.82, 2.24) is 9.55 Å². The van der Waals surface area contributed by atoms with Crippen molar-refractivity contribution in [2.24, 2.45) is 0 Å². The summed E-state index contributed by atoms with van der Waals surface area (Å²) in [6.07, 6.45) is 10.5. The third-order valence-electron chi connectivity index (χ3n) is 4.12. The highest BCUT2D eigenvalue weighted by atomic mass is 16.5. The van der Waals surface area contributed by atoms with Gasteiger partial charge in [-0.25, -0.2) is 9.78 Å². The molecule has 1 atom stereocenters. The standard InChI is InChI=1S/C13H18N2O3/c16-12(17)11-8-15(9-14-11)7-10-3-6-13(18-10)4-1-2-5-13/h8-10H,1-7H2,(H,16,17). The molecule has 2 heterocycles. The Labute approximate surface area is 106 Å². The van der Waals surface area contributed by atoms with Crippen LogP contribution in [0, 0.1) is 0 Å². The van der Waals surface area contributed by atoms with Crippen LogP contribution in [0.5, 0.6) is 0 Å². The molecule has 0 amide bonds. The lowest BCUT2D eigenvalue weighted by Crippen LogP contribution is -2.26. The molecule has 1 aromatic heterocycles. The molecule has 1 N–H and O–H groups in total. The smallest absolute Gasteiger partial charge is 0.356 e. The molecule has 3 rings (SSSR count). The zero-order valence-electron chi connectivity index (χ0n) is 10.3. The molecule has 5 heteroatoms. The summed E-state index contributed by atoms with van der Waals surface area (Å²) in [4.78, 5) is 14.6. The predicted molar refractivity (Wildman–Crippen MR) is 64.5 cm³/mol. The van der Waals surface area contributed by atoms with Gasteiger partial charge in [0.1, 0.15) is 0 Å². The van der Waals surface area contributed by atoms with Gasteiger partial charge in [-0.05, 0) is 25.7 Å². The number of ether oxygens (including phenoxy) is 1. The molecular weight excluding hydrogens is 232 g/mol. The fraction of sp³-hybridized carbons (Fsp3) is 0.692. The van der Waals surface area contributed by atoms with Crippen LogP contribution < -0.4 is 0 Å². The molecule has 2 fully saturated rings. The molecule has 2 aliphatic rings. The van der Waals surface area contributed by atoms with Gasteiger partial charge in [-0.3, -0.25) is 0 Å². The van der Waals surface area contributed by atoms with Gasteiger partial charge in [0.05, 0.1) is 18.0 Å². The Kier molecular flexibility index (Phi) is 2.86. The average Bonchev–Trinajstić information content (AvgIpc) is 3.03. The van der Waals surface area contributed by atoms with Crippen LogP contribution in [0.25, 0.3) is 0 Å². The van der Waals surface area contributed by atoms with Gasteiger partial charge in [0.25, 0.3) is 0 Å². The quantitative estimate of drug-likeness (QED) is 0.892. The number of carbonyl (C=O) groups is 1. The lowest BCUT2D eigenvalue weighted by Gasteiger charge is -2.23. The number of hydrogen-bond donors (Lipinski definition) is 1. The summed E-state index contributed by atoms with van der Waals surface area (Å²) in [5, 5.41) is 8.82. The molecular formula is C13H18N2O3. The van der Waals surface area contributed by atoms with E-state index in [1.54, 1.807) is 12.5 Å². The van der Waals surface area contributed by atoms with Crippen molar-refractivity contribution in [1.29, 1.82) is 0 Å². The van der Waals surface area contributed by atoms with Crippen molar-refractivity contribution in [3.05, 3.63) is 18.2 Å². The molecule has 1 aliphatic carbocycles. The van der Waals surface area contributed by atoms with E-state index in [4.69, 9.17) is 9.84 Å². The van der Waals surface area contributed by atoms with Crippen molar-refractivity contribution in [2.75, 3.05) is 0 Å². The van der Waals surface area contributed by atoms with Gasteiger partial charge in [0, 0.05) is 12.7 Å². The summed E-state index contributed by atoms with van der Waals surface area (Å²) in [5.74, 6) is -0.978. The average molecular weight is 250 g/mol. The van der Waals surface area contributed by atoms with Crippen molar-refractivity contribution >= 4 is 5.97 Å². The minimum absolute atomic E-state index is 0.101. The maximum atomic E-state index is 10.7. The van der Waals surface area contributed by atoms with Gasteiger partial charge in [0.2, 0.25) is 0 Å². The summed E-state index contributed by atoms with van der Waals surface area (Å²) >= 11 is 0. The summed E-state index contributed by atoms with van der Waals surface area (Å²) in [7, 11) is 0. The van der Waals surface area contributed by atoms with E-state index in [1.807, 2.05) is 4.57 Å². The maximum Gasteiger partial charge on any atom is 0.356 e. The van der Waals surface area contributed by atoms with Crippen molar-refractivity contribution < 1.29 is 14.6 Å². The number of carboxylic acid groups (broad SMARTS) is 1. The van der Waals surface area contributed by atoms with E-state index in [1.165, 1.54) is 25.7 Å². The van der Waals surface area contributed by atoms with E-state index in [9.17, 15) is 4.79 Å². The molecule has 1 saturated heterocycles. The minimum atomic E-state index is -0.978. The number of aromatic nitrogens is 2. The van der Waals surface area contributed by atoms with Crippen LogP contribution in [0.4, 0.5) is 0 Å². The van der Waals surface area contributed by atoms with Crippen molar-refractivity contribution in [2.45, 2.75) is 56.8 Å². The molecule has 18 heavy (non-hydrogen) atoms. The second-order valence-corrected chi connectivity index (χ2v) is 5.43. The number of carboxylic acids is 1. The minimum Gasteiger partial charge on any atom is -0.476 e. The van der Waals surface area contributed by atoms with E-state index < -0.39 is 5.97 Å². The molecule has 0 bridgehead atoms. The molecule has 1 unspecified atom stereocenters. The number of nitrogens with zero attached hydrogens (tertiary/aromatic N) is 2. The van der Waals surface area contributed by atoms with Gasteiger partial charge >= 0.3 is 5.97 Å². The highest BCUT2D eigenvalue weighted by molar-refractivity contribution is 5.84. The first kappa shape index (κ1) is 11.7. The molecule has 1 aromatic rings. The topological polar surface area (TPSA) is 64.3 Å². The lowest BCUT2D eigenvalue weighted by atomic mass is 9.98. The summed E-state index contributed by atoms with van der Waals surface area (Å²) in [6.45, 7) is 0.710. The molecule has 1 spiro atoms. The fourth-order valence-electron chi connectivity index (χ4n) is 3.22. The van der Waals surface area contributed by atoms with Gasteiger partial charge in [0.15, 0.2) is 5.69 Å². The molecule has 5 nitrogen and oxygen atoms in total. The second kappa shape index (κ2) is 4.39. The van der Waals surface area contributed by atoms with E-state index in [-0.39, 0.29) is 17.4 Å². The summed E-state index contributed by atoms with van der Waals surface area (Å²) < 4.78 is 8.01. The number of aromatic carboxylic acids is 1. The Morgan fingerprint density at radius 2 is 2.28 bits per heavy atom. The zero-order chi connectivity index (χ0) is 12.6. The molecule has 1 saturated carbocycles. The van der Waals surface area contributed by atoms with Gasteiger partial charge in [-0.2, -0.15) is 0 Å². The first-order valence-corrected chi connectivity index (χ1v) is 6.60. The Hall–Kier alpha value is -1.36. The molecule has 0 radical (unpaired) electrons. The lowest BCUT2D eigenvalue weighted by molar-refractivity contribution is -0.0418. The number of rotatable bonds is 3. The van der Waals surface area contributed by atoms with Gasteiger partial charge < -0.3 is 14.4 Å². The third kappa shape index (κ3) is 2.14. The number of hydrogen-bond acceptors (Lipinski definition) is 3. The van der Waals surface area contributed by atoms with Crippen molar-refractivity contribution in [3.8, 4) is 0 Å². The fourth-order valence-corrected chi connectivity index (χ4v) is 3.22. The van der Waals surface area contributed by atoms with E-state index in [0.717, 1.165) is 12.8 Å². The Balaban J connectivity index is 1.61. The second-order valence-electron chi connectivity index (χ2n) is 5.43. The highest BCUT2D eigenvalue weighted by Gasteiger charge is 2.42. The van der Waals surface area contributed by atoms with Crippen LogP contribution in [0.1, 0.15) is 49.0 Å².